The quantitative estimate of drug-likeness (QED) is 0.764. The van der Waals surface area contributed by atoms with Gasteiger partial charge < -0.3 is 4.74 Å². The first-order valence-corrected chi connectivity index (χ1v) is 7.24. The van der Waals surface area contributed by atoms with Gasteiger partial charge in [0, 0.05) is 17.3 Å². The van der Waals surface area contributed by atoms with E-state index in [1.54, 1.807) is 12.3 Å². The minimum absolute atomic E-state index is 0.237. The summed E-state index contributed by atoms with van der Waals surface area (Å²) in [6.45, 7) is 3.96. The molecule has 1 aromatic heterocycles. The molecular formula is C19H16N2O2. The Morgan fingerprint density at radius 2 is 2.00 bits per heavy atom. The maximum atomic E-state index is 11.9. The highest BCUT2D eigenvalue weighted by molar-refractivity contribution is 5.90. The fraction of sp³-hybridized carbons (Fsp3) is 0.0526. The summed E-state index contributed by atoms with van der Waals surface area (Å²) in [5, 5.41) is 3.70. The summed E-state index contributed by atoms with van der Waals surface area (Å²) in [4.78, 5) is 16.2. The van der Waals surface area contributed by atoms with Crippen molar-refractivity contribution in [3.05, 3.63) is 78.5 Å². The predicted molar refractivity (Wildman–Crippen MR) is 92.1 cm³/mol. The highest BCUT2D eigenvalue weighted by Crippen LogP contribution is 2.19. The molecule has 1 N–H and O–H groups in total. The lowest BCUT2D eigenvalue weighted by atomic mass is 10.1. The minimum atomic E-state index is -0.490. The second-order valence-corrected chi connectivity index (χ2v) is 5.07. The van der Waals surface area contributed by atoms with Gasteiger partial charge in [-0.15, -0.1) is 0 Å². The van der Waals surface area contributed by atoms with E-state index in [0.717, 1.165) is 22.0 Å². The Morgan fingerprint density at radius 3 is 2.78 bits per heavy atom. The standard InChI is InChI=1S/C19H16N2O2/c1-2-14-10-16-8-9-17(11-18(16)20-12-14)21-19(22)23-13-15-6-4-3-5-7-15/h2-12H,1,13H2,(H,21,22). The van der Waals surface area contributed by atoms with Crippen LogP contribution in [0.1, 0.15) is 11.1 Å². The Labute approximate surface area is 134 Å². The maximum absolute atomic E-state index is 11.9. The first-order valence-electron chi connectivity index (χ1n) is 7.24. The highest BCUT2D eigenvalue weighted by Gasteiger charge is 2.05. The van der Waals surface area contributed by atoms with Crippen LogP contribution in [0.4, 0.5) is 10.5 Å². The average Bonchev–Trinajstić information content (AvgIpc) is 2.60. The molecule has 0 bridgehead atoms. The van der Waals surface area contributed by atoms with Crippen LogP contribution in [0.3, 0.4) is 0 Å². The topological polar surface area (TPSA) is 51.2 Å². The number of ether oxygens (including phenoxy) is 1. The van der Waals surface area contributed by atoms with Crippen LogP contribution in [0.15, 0.2) is 67.4 Å². The maximum Gasteiger partial charge on any atom is 0.411 e. The van der Waals surface area contributed by atoms with Gasteiger partial charge in [0.15, 0.2) is 0 Å². The molecule has 0 aliphatic heterocycles. The van der Waals surface area contributed by atoms with Crippen LogP contribution in [0, 0.1) is 0 Å². The predicted octanol–water partition coefficient (Wildman–Crippen LogP) is 4.63. The fourth-order valence-electron chi connectivity index (χ4n) is 2.20. The monoisotopic (exact) mass is 304 g/mol. The number of fused-ring (bicyclic) bond motifs is 1. The van der Waals surface area contributed by atoms with Gasteiger partial charge >= 0.3 is 6.09 Å². The third-order valence-electron chi connectivity index (χ3n) is 3.40. The SMILES string of the molecule is C=Cc1cnc2cc(NC(=O)OCc3ccccc3)ccc2c1. The molecule has 3 aromatic rings. The molecule has 0 radical (unpaired) electrons. The molecule has 0 saturated carbocycles. The second kappa shape index (κ2) is 6.75. The van der Waals surface area contributed by atoms with Gasteiger partial charge in [-0.05, 0) is 29.3 Å². The molecule has 114 valence electrons. The second-order valence-electron chi connectivity index (χ2n) is 5.07. The summed E-state index contributed by atoms with van der Waals surface area (Å²) >= 11 is 0. The number of aromatic nitrogens is 1. The van der Waals surface area contributed by atoms with E-state index in [-0.39, 0.29) is 6.61 Å². The molecule has 1 heterocycles. The summed E-state index contributed by atoms with van der Waals surface area (Å²) in [5.41, 5.74) is 3.35. The third-order valence-corrected chi connectivity index (χ3v) is 3.40. The van der Waals surface area contributed by atoms with E-state index >= 15 is 0 Å². The number of carbonyl (C=O) groups excluding carboxylic acids is 1. The number of rotatable bonds is 4. The largest absolute Gasteiger partial charge is 0.444 e. The average molecular weight is 304 g/mol. The van der Waals surface area contributed by atoms with Gasteiger partial charge in [0.25, 0.3) is 0 Å². The first-order chi connectivity index (χ1) is 11.2. The van der Waals surface area contributed by atoms with Crippen LogP contribution >= 0.6 is 0 Å². The molecule has 0 aliphatic rings. The van der Waals surface area contributed by atoms with Crippen molar-refractivity contribution in [2.24, 2.45) is 0 Å². The number of hydrogen-bond donors (Lipinski definition) is 1. The van der Waals surface area contributed by atoms with Crippen LogP contribution in [-0.4, -0.2) is 11.1 Å². The smallest absolute Gasteiger partial charge is 0.411 e. The number of nitrogens with one attached hydrogen (secondary N) is 1. The van der Waals surface area contributed by atoms with Gasteiger partial charge in [-0.1, -0.05) is 49.1 Å². The van der Waals surface area contributed by atoms with Crippen LogP contribution in [-0.2, 0) is 11.3 Å². The normalized spacial score (nSPS) is 10.3. The van der Waals surface area contributed by atoms with Gasteiger partial charge in [0.05, 0.1) is 5.52 Å². The van der Waals surface area contributed by atoms with E-state index in [2.05, 4.69) is 16.9 Å². The molecule has 0 atom stereocenters. The summed E-state index contributed by atoms with van der Waals surface area (Å²) < 4.78 is 5.20. The molecule has 4 nitrogen and oxygen atoms in total. The number of nitrogens with zero attached hydrogens (tertiary/aromatic N) is 1. The van der Waals surface area contributed by atoms with Gasteiger partial charge in [-0.3, -0.25) is 10.3 Å². The molecule has 1 amide bonds. The molecule has 2 aromatic carbocycles. The summed E-state index contributed by atoms with van der Waals surface area (Å²) in [7, 11) is 0. The molecule has 3 rings (SSSR count). The van der Waals surface area contributed by atoms with Crippen molar-refractivity contribution in [1.82, 2.24) is 4.98 Å². The molecule has 0 saturated heterocycles. The lowest BCUT2D eigenvalue weighted by Gasteiger charge is -2.08. The van der Waals surface area contributed by atoms with Crippen molar-refractivity contribution in [3.8, 4) is 0 Å². The fourth-order valence-corrected chi connectivity index (χ4v) is 2.20. The van der Waals surface area contributed by atoms with E-state index in [0.29, 0.717) is 5.69 Å². The zero-order valence-electron chi connectivity index (χ0n) is 12.5. The van der Waals surface area contributed by atoms with Crippen LogP contribution in [0.2, 0.25) is 0 Å². The Morgan fingerprint density at radius 1 is 1.17 bits per heavy atom. The number of anilines is 1. The lowest BCUT2D eigenvalue weighted by Crippen LogP contribution is -2.13. The van der Waals surface area contributed by atoms with Crippen molar-refractivity contribution in [3.63, 3.8) is 0 Å². The Bertz CT molecular complexity index is 844. The minimum Gasteiger partial charge on any atom is -0.444 e. The van der Waals surface area contributed by atoms with Gasteiger partial charge in [0.1, 0.15) is 6.61 Å². The molecule has 0 fully saturated rings. The van der Waals surface area contributed by atoms with Crippen LogP contribution < -0.4 is 5.32 Å². The number of amides is 1. The van der Waals surface area contributed by atoms with E-state index in [1.807, 2.05) is 54.6 Å². The van der Waals surface area contributed by atoms with Crippen molar-refractivity contribution >= 4 is 28.8 Å². The number of benzene rings is 2. The highest BCUT2D eigenvalue weighted by atomic mass is 16.5. The number of carbonyl (C=O) groups is 1. The zero-order valence-corrected chi connectivity index (χ0v) is 12.5. The third kappa shape index (κ3) is 3.74. The van der Waals surface area contributed by atoms with Crippen molar-refractivity contribution in [2.75, 3.05) is 5.32 Å². The summed E-state index contributed by atoms with van der Waals surface area (Å²) in [5.74, 6) is 0. The van der Waals surface area contributed by atoms with Crippen LogP contribution in [0.5, 0.6) is 0 Å². The van der Waals surface area contributed by atoms with Crippen molar-refractivity contribution in [1.29, 1.82) is 0 Å². The summed E-state index contributed by atoms with van der Waals surface area (Å²) in [6, 6.07) is 17.1. The van der Waals surface area contributed by atoms with E-state index < -0.39 is 6.09 Å². The van der Waals surface area contributed by atoms with E-state index in [4.69, 9.17) is 4.74 Å². The first kappa shape index (κ1) is 14.8. The molecule has 4 heteroatoms. The summed E-state index contributed by atoms with van der Waals surface area (Å²) in [6.07, 6.45) is 3.00. The van der Waals surface area contributed by atoms with E-state index in [1.165, 1.54) is 0 Å². The molecule has 23 heavy (non-hydrogen) atoms. The molecular weight excluding hydrogens is 288 g/mol. The Balaban J connectivity index is 1.66. The number of hydrogen-bond acceptors (Lipinski definition) is 3. The van der Waals surface area contributed by atoms with Crippen LogP contribution in [0.25, 0.3) is 17.0 Å². The van der Waals surface area contributed by atoms with E-state index in [9.17, 15) is 4.79 Å². The zero-order chi connectivity index (χ0) is 16.1. The van der Waals surface area contributed by atoms with Crippen molar-refractivity contribution < 1.29 is 9.53 Å². The van der Waals surface area contributed by atoms with Crippen molar-refractivity contribution in [2.45, 2.75) is 6.61 Å². The van der Waals surface area contributed by atoms with Gasteiger partial charge in [0.2, 0.25) is 0 Å². The molecule has 0 aliphatic carbocycles. The Kier molecular flexibility index (Phi) is 4.34. The molecule has 0 unspecified atom stereocenters. The molecule has 0 spiro atoms. The lowest BCUT2D eigenvalue weighted by molar-refractivity contribution is 0.155. The Hall–Kier alpha value is -3.14. The van der Waals surface area contributed by atoms with Gasteiger partial charge in [-0.2, -0.15) is 0 Å². The van der Waals surface area contributed by atoms with Gasteiger partial charge in [-0.25, -0.2) is 4.79 Å². The number of pyridine rings is 1.